The van der Waals surface area contributed by atoms with Crippen molar-refractivity contribution in [3.05, 3.63) is 34.9 Å². The SMILES string of the molecule is CN(C)CC1CC(O)CN1C(=O)CCc1ccccc1Cl. The van der Waals surface area contributed by atoms with Gasteiger partial charge in [-0.1, -0.05) is 29.8 Å². The maximum Gasteiger partial charge on any atom is 0.223 e. The zero-order valence-corrected chi connectivity index (χ0v) is 13.4. The van der Waals surface area contributed by atoms with Gasteiger partial charge in [-0.2, -0.15) is 0 Å². The van der Waals surface area contributed by atoms with E-state index in [2.05, 4.69) is 4.90 Å². The molecular weight excluding hydrogens is 288 g/mol. The smallest absolute Gasteiger partial charge is 0.223 e. The lowest BCUT2D eigenvalue weighted by Crippen LogP contribution is -2.41. The van der Waals surface area contributed by atoms with Crippen molar-refractivity contribution in [2.75, 3.05) is 27.2 Å². The molecule has 0 spiro atoms. The van der Waals surface area contributed by atoms with Crippen molar-refractivity contribution in [1.29, 1.82) is 0 Å². The molecule has 0 saturated carbocycles. The maximum atomic E-state index is 12.4. The van der Waals surface area contributed by atoms with Gasteiger partial charge in [0.05, 0.1) is 6.10 Å². The van der Waals surface area contributed by atoms with Crippen molar-refractivity contribution >= 4 is 17.5 Å². The molecule has 1 aromatic rings. The van der Waals surface area contributed by atoms with E-state index in [0.29, 0.717) is 30.8 Å². The molecule has 0 radical (unpaired) electrons. The highest BCUT2D eigenvalue weighted by atomic mass is 35.5. The van der Waals surface area contributed by atoms with E-state index in [1.54, 1.807) is 0 Å². The summed E-state index contributed by atoms with van der Waals surface area (Å²) >= 11 is 6.12. The third kappa shape index (κ3) is 4.43. The largest absolute Gasteiger partial charge is 0.391 e. The van der Waals surface area contributed by atoms with Crippen LogP contribution in [0.5, 0.6) is 0 Å². The van der Waals surface area contributed by atoms with E-state index in [4.69, 9.17) is 11.6 Å². The maximum absolute atomic E-state index is 12.4. The van der Waals surface area contributed by atoms with Gasteiger partial charge in [-0.05, 0) is 38.6 Å². The molecule has 116 valence electrons. The van der Waals surface area contributed by atoms with E-state index < -0.39 is 6.10 Å². The van der Waals surface area contributed by atoms with Gasteiger partial charge in [-0.15, -0.1) is 0 Å². The van der Waals surface area contributed by atoms with Crippen LogP contribution in [0.25, 0.3) is 0 Å². The summed E-state index contributed by atoms with van der Waals surface area (Å²) in [6.45, 7) is 1.23. The minimum absolute atomic E-state index is 0.0957. The van der Waals surface area contributed by atoms with Gasteiger partial charge in [0.15, 0.2) is 0 Å². The molecule has 1 saturated heterocycles. The summed E-state index contributed by atoms with van der Waals surface area (Å²) in [5, 5.41) is 10.5. The number of aliphatic hydroxyl groups is 1. The molecule has 1 amide bonds. The zero-order chi connectivity index (χ0) is 15.4. The molecule has 0 bridgehead atoms. The van der Waals surface area contributed by atoms with Crippen LogP contribution < -0.4 is 0 Å². The zero-order valence-electron chi connectivity index (χ0n) is 12.6. The second kappa shape index (κ2) is 7.25. The highest BCUT2D eigenvalue weighted by Crippen LogP contribution is 2.21. The van der Waals surface area contributed by atoms with E-state index in [1.807, 2.05) is 43.3 Å². The van der Waals surface area contributed by atoms with Crippen molar-refractivity contribution in [2.45, 2.75) is 31.4 Å². The van der Waals surface area contributed by atoms with Crippen LogP contribution in [0.15, 0.2) is 24.3 Å². The number of halogens is 1. The Morgan fingerprint density at radius 1 is 1.43 bits per heavy atom. The van der Waals surface area contributed by atoms with Gasteiger partial charge >= 0.3 is 0 Å². The molecule has 4 nitrogen and oxygen atoms in total. The number of amides is 1. The van der Waals surface area contributed by atoms with Crippen LogP contribution in [0.2, 0.25) is 5.02 Å². The summed E-state index contributed by atoms with van der Waals surface area (Å²) < 4.78 is 0. The number of hydrogen-bond acceptors (Lipinski definition) is 3. The molecule has 0 aliphatic carbocycles. The molecule has 0 aromatic heterocycles. The van der Waals surface area contributed by atoms with Gasteiger partial charge in [0.2, 0.25) is 5.91 Å². The fourth-order valence-electron chi connectivity index (χ4n) is 2.88. The van der Waals surface area contributed by atoms with Gasteiger partial charge in [0, 0.05) is 30.6 Å². The molecule has 5 heteroatoms. The van der Waals surface area contributed by atoms with Crippen molar-refractivity contribution in [3.8, 4) is 0 Å². The normalized spacial score (nSPS) is 22.0. The number of carbonyl (C=O) groups excluding carboxylic acids is 1. The lowest BCUT2D eigenvalue weighted by Gasteiger charge is -2.27. The van der Waals surface area contributed by atoms with Crippen LogP contribution in [-0.4, -0.2) is 60.1 Å². The van der Waals surface area contributed by atoms with E-state index >= 15 is 0 Å². The summed E-state index contributed by atoms with van der Waals surface area (Å²) in [5.74, 6) is 0.0957. The lowest BCUT2D eigenvalue weighted by molar-refractivity contribution is -0.132. The second-order valence-electron chi connectivity index (χ2n) is 5.94. The number of likely N-dealkylation sites (N-methyl/N-ethyl adjacent to an activating group) is 1. The Balaban J connectivity index is 1.94. The average molecular weight is 311 g/mol. The van der Waals surface area contributed by atoms with Crippen LogP contribution in [0.4, 0.5) is 0 Å². The number of β-amino-alcohol motifs (C(OH)–C–C–N with tert-alkyl or cyclic N) is 1. The molecule has 1 fully saturated rings. The van der Waals surface area contributed by atoms with Crippen LogP contribution in [0.1, 0.15) is 18.4 Å². The summed E-state index contributed by atoms with van der Waals surface area (Å²) in [5.41, 5.74) is 0.997. The van der Waals surface area contributed by atoms with E-state index in [9.17, 15) is 9.90 Å². The van der Waals surface area contributed by atoms with Gasteiger partial charge in [-0.3, -0.25) is 4.79 Å². The first-order valence-electron chi connectivity index (χ1n) is 7.33. The van der Waals surface area contributed by atoms with Gasteiger partial charge in [-0.25, -0.2) is 0 Å². The minimum atomic E-state index is -0.404. The minimum Gasteiger partial charge on any atom is -0.391 e. The number of rotatable bonds is 5. The fourth-order valence-corrected chi connectivity index (χ4v) is 3.11. The van der Waals surface area contributed by atoms with E-state index in [0.717, 1.165) is 12.1 Å². The molecule has 1 aromatic carbocycles. The highest BCUT2D eigenvalue weighted by Gasteiger charge is 2.34. The van der Waals surface area contributed by atoms with Crippen LogP contribution in [0.3, 0.4) is 0 Å². The Labute approximate surface area is 131 Å². The van der Waals surface area contributed by atoms with Crippen LogP contribution in [0, 0.1) is 0 Å². The number of aliphatic hydroxyl groups excluding tert-OH is 1. The first-order valence-corrected chi connectivity index (χ1v) is 7.71. The Bertz CT molecular complexity index is 493. The van der Waals surface area contributed by atoms with Crippen LogP contribution in [-0.2, 0) is 11.2 Å². The molecule has 1 aliphatic rings. The summed E-state index contributed by atoms with van der Waals surface area (Å²) in [6, 6.07) is 7.72. The number of carbonyl (C=O) groups is 1. The topological polar surface area (TPSA) is 43.8 Å². The second-order valence-corrected chi connectivity index (χ2v) is 6.35. The molecule has 2 rings (SSSR count). The Hall–Kier alpha value is -1.10. The van der Waals surface area contributed by atoms with Crippen LogP contribution >= 0.6 is 11.6 Å². The molecule has 1 heterocycles. The van der Waals surface area contributed by atoms with Crippen molar-refractivity contribution < 1.29 is 9.90 Å². The van der Waals surface area contributed by atoms with Crippen molar-refractivity contribution in [2.24, 2.45) is 0 Å². The first-order chi connectivity index (χ1) is 9.97. The van der Waals surface area contributed by atoms with Crippen molar-refractivity contribution in [3.63, 3.8) is 0 Å². The number of likely N-dealkylation sites (tertiary alicyclic amines) is 1. The lowest BCUT2D eigenvalue weighted by atomic mass is 10.1. The number of aryl methyl sites for hydroxylation is 1. The van der Waals surface area contributed by atoms with Gasteiger partial charge < -0.3 is 14.9 Å². The first kappa shape index (κ1) is 16.3. The fraction of sp³-hybridized carbons (Fsp3) is 0.562. The number of nitrogens with zero attached hydrogens (tertiary/aromatic N) is 2. The predicted octanol–water partition coefficient (Wildman–Crippen LogP) is 1.80. The van der Waals surface area contributed by atoms with Gasteiger partial charge in [0.1, 0.15) is 0 Å². The number of benzene rings is 1. The third-order valence-electron chi connectivity index (χ3n) is 3.85. The average Bonchev–Trinajstić information content (AvgIpc) is 2.77. The molecule has 1 N–H and O–H groups in total. The molecule has 1 aliphatic heterocycles. The third-order valence-corrected chi connectivity index (χ3v) is 4.22. The molecule has 2 atom stereocenters. The predicted molar refractivity (Wildman–Crippen MR) is 84.5 cm³/mol. The monoisotopic (exact) mass is 310 g/mol. The number of hydrogen-bond donors (Lipinski definition) is 1. The standard InChI is InChI=1S/C16H23ClN2O2/c1-18(2)10-13-9-14(20)11-19(13)16(21)8-7-12-5-3-4-6-15(12)17/h3-6,13-14,20H,7-11H2,1-2H3. The summed E-state index contributed by atoms with van der Waals surface area (Å²) in [4.78, 5) is 16.3. The Morgan fingerprint density at radius 3 is 2.81 bits per heavy atom. The Kier molecular flexibility index (Phi) is 5.62. The quantitative estimate of drug-likeness (QED) is 0.902. The van der Waals surface area contributed by atoms with E-state index in [-0.39, 0.29) is 11.9 Å². The molecular formula is C16H23ClN2O2. The summed E-state index contributed by atoms with van der Waals surface area (Å²) in [7, 11) is 3.97. The molecule has 2 unspecified atom stereocenters. The van der Waals surface area contributed by atoms with Crippen molar-refractivity contribution in [1.82, 2.24) is 9.80 Å². The van der Waals surface area contributed by atoms with E-state index in [1.165, 1.54) is 0 Å². The Morgan fingerprint density at radius 2 is 2.14 bits per heavy atom. The summed E-state index contributed by atoms with van der Waals surface area (Å²) in [6.07, 6.45) is 1.33. The van der Waals surface area contributed by atoms with Gasteiger partial charge in [0.25, 0.3) is 0 Å². The molecule has 21 heavy (non-hydrogen) atoms. The highest BCUT2D eigenvalue weighted by molar-refractivity contribution is 6.31.